The fourth-order valence-electron chi connectivity index (χ4n) is 1.23. The number of alkyl halides is 3. The fourth-order valence-corrected chi connectivity index (χ4v) is 1.23. The summed E-state index contributed by atoms with van der Waals surface area (Å²) < 4.78 is 50.1. The van der Waals surface area contributed by atoms with Crippen LogP contribution in [0.25, 0.3) is 0 Å². The van der Waals surface area contributed by atoms with E-state index in [1.165, 1.54) is 0 Å². The molecule has 0 aromatic heterocycles. The summed E-state index contributed by atoms with van der Waals surface area (Å²) in [4.78, 5) is 11.4. The number of hydrogen-bond acceptors (Lipinski definition) is 1. The average molecular weight is 249 g/mol. The van der Waals surface area contributed by atoms with E-state index in [0.29, 0.717) is 12.1 Å². The van der Waals surface area contributed by atoms with Crippen molar-refractivity contribution in [3.8, 4) is 0 Å². The van der Waals surface area contributed by atoms with Gasteiger partial charge in [0.05, 0.1) is 5.56 Å². The van der Waals surface area contributed by atoms with E-state index in [9.17, 15) is 22.4 Å². The van der Waals surface area contributed by atoms with Crippen molar-refractivity contribution in [2.24, 2.45) is 0 Å². The van der Waals surface area contributed by atoms with Crippen molar-refractivity contribution in [2.45, 2.75) is 26.1 Å². The smallest absolute Gasteiger partial charge is 0.350 e. The predicted molar refractivity (Wildman–Crippen MR) is 54.0 cm³/mol. The lowest BCUT2D eigenvalue weighted by atomic mass is 10.1. The molecular formula is C11H11F4NO. The van der Waals surface area contributed by atoms with Gasteiger partial charge in [0, 0.05) is 11.6 Å². The number of benzene rings is 1. The summed E-state index contributed by atoms with van der Waals surface area (Å²) in [6.45, 7) is 3.31. The molecule has 0 fully saturated rings. The third-order valence-corrected chi connectivity index (χ3v) is 1.91. The first-order valence-electron chi connectivity index (χ1n) is 4.89. The van der Waals surface area contributed by atoms with Crippen molar-refractivity contribution in [1.29, 1.82) is 0 Å². The molecule has 0 saturated carbocycles. The molecule has 0 bridgehead atoms. The van der Waals surface area contributed by atoms with Crippen molar-refractivity contribution in [3.05, 3.63) is 35.1 Å². The van der Waals surface area contributed by atoms with Crippen molar-refractivity contribution < 1.29 is 22.4 Å². The molecule has 1 rings (SSSR count). The number of nitrogens with one attached hydrogen (secondary N) is 1. The van der Waals surface area contributed by atoms with Crippen molar-refractivity contribution in [1.82, 2.24) is 5.32 Å². The van der Waals surface area contributed by atoms with Gasteiger partial charge in [0.2, 0.25) is 0 Å². The van der Waals surface area contributed by atoms with Gasteiger partial charge in [-0.15, -0.1) is 0 Å². The quantitative estimate of drug-likeness (QED) is 0.802. The standard InChI is InChI=1S/C11H11F4NO/c1-6(2)16-10(17)7-3-8(11(13,14)15)5-9(12)4-7/h3-6H,1-2H3,(H,16,17). The van der Waals surface area contributed by atoms with Gasteiger partial charge in [-0.3, -0.25) is 4.79 Å². The third-order valence-electron chi connectivity index (χ3n) is 1.91. The Morgan fingerprint density at radius 2 is 1.82 bits per heavy atom. The highest BCUT2D eigenvalue weighted by molar-refractivity contribution is 5.94. The van der Waals surface area contributed by atoms with Gasteiger partial charge < -0.3 is 5.32 Å². The second-order valence-corrected chi connectivity index (χ2v) is 3.85. The Morgan fingerprint density at radius 1 is 1.24 bits per heavy atom. The molecule has 0 radical (unpaired) electrons. The molecule has 0 aliphatic carbocycles. The first-order chi connectivity index (χ1) is 7.70. The molecule has 0 saturated heterocycles. The Morgan fingerprint density at radius 3 is 2.29 bits per heavy atom. The highest BCUT2D eigenvalue weighted by Gasteiger charge is 2.31. The van der Waals surface area contributed by atoms with Gasteiger partial charge >= 0.3 is 6.18 Å². The zero-order chi connectivity index (χ0) is 13.2. The molecular weight excluding hydrogens is 238 g/mol. The number of carbonyl (C=O) groups is 1. The fraction of sp³-hybridized carbons (Fsp3) is 0.364. The van der Waals surface area contributed by atoms with Crippen LogP contribution in [0.4, 0.5) is 17.6 Å². The molecule has 2 nitrogen and oxygen atoms in total. The van der Waals surface area contributed by atoms with Gasteiger partial charge in [-0.2, -0.15) is 13.2 Å². The van der Waals surface area contributed by atoms with Crippen LogP contribution in [0.5, 0.6) is 0 Å². The normalized spacial score (nSPS) is 11.7. The molecule has 0 aliphatic heterocycles. The first kappa shape index (κ1) is 13.5. The third kappa shape index (κ3) is 3.72. The van der Waals surface area contributed by atoms with Crippen LogP contribution < -0.4 is 5.32 Å². The van der Waals surface area contributed by atoms with E-state index in [2.05, 4.69) is 5.32 Å². The summed E-state index contributed by atoms with van der Waals surface area (Å²) in [5.74, 6) is -1.82. The lowest BCUT2D eigenvalue weighted by molar-refractivity contribution is -0.137. The molecule has 6 heteroatoms. The summed E-state index contributed by atoms with van der Waals surface area (Å²) in [6.07, 6.45) is -4.67. The maximum absolute atomic E-state index is 13.0. The molecule has 1 amide bonds. The Balaban J connectivity index is 3.10. The van der Waals surface area contributed by atoms with Crippen LogP contribution >= 0.6 is 0 Å². The summed E-state index contributed by atoms with van der Waals surface area (Å²) in [6, 6.07) is 1.51. The van der Waals surface area contributed by atoms with Gasteiger partial charge in [0.1, 0.15) is 5.82 Å². The van der Waals surface area contributed by atoms with Gasteiger partial charge in [-0.25, -0.2) is 4.39 Å². The maximum Gasteiger partial charge on any atom is 0.416 e. The molecule has 0 atom stereocenters. The molecule has 0 aliphatic rings. The molecule has 94 valence electrons. The van der Waals surface area contributed by atoms with E-state index in [1.54, 1.807) is 13.8 Å². The van der Waals surface area contributed by atoms with Crippen molar-refractivity contribution >= 4 is 5.91 Å². The minimum Gasteiger partial charge on any atom is -0.350 e. The summed E-state index contributed by atoms with van der Waals surface area (Å²) >= 11 is 0. The monoisotopic (exact) mass is 249 g/mol. The second-order valence-electron chi connectivity index (χ2n) is 3.85. The SMILES string of the molecule is CC(C)NC(=O)c1cc(F)cc(C(F)(F)F)c1. The Labute approximate surface area is 95.6 Å². The van der Waals surface area contributed by atoms with Crippen LogP contribution in [0.2, 0.25) is 0 Å². The van der Waals surface area contributed by atoms with Crippen molar-refractivity contribution in [3.63, 3.8) is 0 Å². The van der Waals surface area contributed by atoms with Crippen LogP contribution in [0.1, 0.15) is 29.8 Å². The van der Waals surface area contributed by atoms with E-state index in [0.717, 1.165) is 6.07 Å². The van der Waals surface area contributed by atoms with E-state index in [1.807, 2.05) is 0 Å². The molecule has 1 aromatic carbocycles. The molecule has 1 N–H and O–H groups in total. The number of rotatable bonds is 2. The summed E-state index contributed by atoms with van der Waals surface area (Å²) in [7, 11) is 0. The first-order valence-corrected chi connectivity index (χ1v) is 4.89. The Kier molecular flexibility index (Phi) is 3.75. The number of hydrogen-bond donors (Lipinski definition) is 1. The van der Waals surface area contributed by atoms with Crippen LogP contribution in [0.15, 0.2) is 18.2 Å². The molecule has 17 heavy (non-hydrogen) atoms. The lowest BCUT2D eigenvalue weighted by Crippen LogP contribution is -2.30. The van der Waals surface area contributed by atoms with Crippen LogP contribution in [0.3, 0.4) is 0 Å². The van der Waals surface area contributed by atoms with Crippen LogP contribution in [0, 0.1) is 5.82 Å². The minimum absolute atomic E-state index is 0.236. The predicted octanol–water partition coefficient (Wildman–Crippen LogP) is 2.98. The molecule has 1 aromatic rings. The highest BCUT2D eigenvalue weighted by atomic mass is 19.4. The highest BCUT2D eigenvalue weighted by Crippen LogP contribution is 2.30. The number of halogens is 4. The average Bonchev–Trinajstić information content (AvgIpc) is 2.14. The topological polar surface area (TPSA) is 29.1 Å². The van der Waals surface area contributed by atoms with E-state index in [-0.39, 0.29) is 11.6 Å². The van der Waals surface area contributed by atoms with Gasteiger partial charge in [0.25, 0.3) is 5.91 Å². The summed E-state index contributed by atoms with van der Waals surface area (Å²) in [5, 5.41) is 2.39. The van der Waals surface area contributed by atoms with Crippen LogP contribution in [-0.4, -0.2) is 11.9 Å². The summed E-state index contributed by atoms with van der Waals surface area (Å²) in [5.41, 5.74) is -1.52. The van der Waals surface area contributed by atoms with Crippen molar-refractivity contribution in [2.75, 3.05) is 0 Å². The molecule has 0 heterocycles. The van der Waals surface area contributed by atoms with Gasteiger partial charge in [-0.1, -0.05) is 0 Å². The molecule has 0 spiro atoms. The number of carbonyl (C=O) groups excluding carboxylic acids is 1. The van der Waals surface area contributed by atoms with Gasteiger partial charge in [0.15, 0.2) is 0 Å². The Bertz CT molecular complexity index is 426. The van der Waals surface area contributed by atoms with E-state index >= 15 is 0 Å². The van der Waals surface area contributed by atoms with E-state index < -0.39 is 23.5 Å². The minimum atomic E-state index is -4.67. The van der Waals surface area contributed by atoms with Crippen LogP contribution in [-0.2, 0) is 6.18 Å². The zero-order valence-electron chi connectivity index (χ0n) is 9.23. The Hall–Kier alpha value is -1.59. The zero-order valence-corrected chi connectivity index (χ0v) is 9.23. The lowest BCUT2D eigenvalue weighted by Gasteiger charge is -2.11. The second kappa shape index (κ2) is 4.73. The van der Waals surface area contributed by atoms with E-state index in [4.69, 9.17) is 0 Å². The van der Waals surface area contributed by atoms with Gasteiger partial charge in [-0.05, 0) is 32.0 Å². The maximum atomic E-state index is 13.0. The molecule has 0 unspecified atom stereocenters. The largest absolute Gasteiger partial charge is 0.416 e. The number of amides is 1.